The Kier molecular flexibility index (Phi) is 4.62. The summed E-state index contributed by atoms with van der Waals surface area (Å²) < 4.78 is 0. The molecule has 0 atom stereocenters. The first-order chi connectivity index (χ1) is 9.72. The van der Waals surface area contributed by atoms with Crippen molar-refractivity contribution >= 4 is 11.4 Å². The molecule has 2 aromatic carbocycles. The summed E-state index contributed by atoms with van der Waals surface area (Å²) in [6, 6.07) is 17.9. The number of hydrogen-bond donors (Lipinski definition) is 1. The summed E-state index contributed by atoms with van der Waals surface area (Å²) in [6.45, 7) is 3.93. The maximum Gasteiger partial charge on any atom is 0.0991 e. The lowest BCUT2D eigenvalue weighted by atomic mass is 10.1. The van der Waals surface area contributed by atoms with Crippen LogP contribution in [0.25, 0.3) is 0 Å². The predicted molar refractivity (Wildman–Crippen MR) is 83.4 cm³/mol. The number of hydrogen-bond acceptors (Lipinski definition) is 3. The second-order valence-electron chi connectivity index (χ2n) is 4.83. The van der Waals surface area contributed by atoms with E-state index in [0.717, 1.165) is 36.4 Å². The third-order valence-corrected chi connectivity index (χ3v) is 3.18. The van der Waals surface area contributed by atoms with E-state index in [2.05, 4.69) is 24.0 Å². The molecule has 0 bridgehead atoms. The topological polar surface area (TPSA) is 53.0 Å². The van der Waals surface area contributed by atoms with Crippen LogP contribution in [0, 0.1) is 11.3 Å². The second kappa shape index (κ2) is 6.63. The second-order valence-corrected chi connectivity index (χ2v) is 4.83. The lowest BCUT2D eigenvalue weighted by molar-refractivity contribution is 0.767. The fourth-order valence-electron chi connectivity index (χ4n) is 2.21. The Labute approximate surface area is 120 Å². The van der Waals surface area contributed by atoms with Gasteiger partial charge in [-0.15, -0.1) is 0 Å². The summed E-state index contributed by atoms with van der Waals surface area (Å²) in [5, 5.41) is 8.97. The molecule has 2 aromatic rings. The maximum atomic E-state index is 8.97. The van der Waals surface area contributed by atoms with Gasteiger partial charge in [-0.05, 0) is 48.4 Å². The summed E-state index contributed by atoms with van der Waals surface area (Å²) in [4.78, 5) is 2.30. The third-order valence-electron chi connectivity index (χ3n) is 3.18. The van der Waals surface area contributed by atoms with E-state index < -0.39 is 0 Å². The molecule has 0 amide bonds. The number of nitrogens with zero attached hydrogens (tertiary/aromatic N) is 2. The van der Waals surface area contributed by atoms with Gasteiger partial charge in [-0.2, -0.15) is 5.26 Å². The monoisotopic (exact) mass is 265 g/mol. The van der Waals surface area contributed by atoms with Crippen molar-refractivity contribution in [1.29, 1.82) is 5.26 Å². The Morgan fingerprint density at radius 3 is 2.55 bits per heavy atom. The van der Waals surface area contributed by atoms with Gasteiger partial charge >= 0.3 is 0 Å². The first kappa shape index (κ1) is 14.0. The fourth-order valence-corrected chi connectivity index (χ4v) is 2.21. The molecule has 0 aliphatic rings. The van der Waals surface area contributed by atoms with E-state index in [1.165, 1.54) is 0 Å². The summed E-state index contributed by atoms with van der Waals surface area (Å²) in [7, 11) is 0. The van der Waals surface area contributed by atoms with Crippen molar-refractivity contribution in [3.8, 4) is 6.07 Å². The van der Waals surface area contributed by atoms with Crippen LogP contribution in [0.2, 0.25) is 0 Å². The Balaban J connectivity index is 2.20. The van der Waals surface area contributed by atoms with E-state index in [4.69, 9.17) is 11.0 Å². The van der Waals surface area contributed by atoms with E-state index in [0.29, 0.717) is 5.56 Å². The van der Waals surface area contributed by atoms with Crippen LogP contribution in [-0.2, 0) is 6.54 Å². The molecule has 0 saturated carbocycles. The van der Waals surface area contributed by atoms with Gasteiger partial charge in [0, 0.05) is 24.5 Å². The zero-order valence-corrected chi connectivity index (χ0v) is 11.7. The normalized spacial score (nSPS) is 10.0. The zero-order valence-electron chi connectivity index (χ0n) is 11.7. The van der Waals surface area contributed by atoms with Gasteiger partial charge in [0.05, 0.1) is 11.6 Å². The molecule has 0 radical (unpaired) electrons. The summed E-state index contributed by atoms with van der Waals surface area (Å²) in [5.74, 6) is 0. The third kappa shape index (κ3) is 3.52. The largest absolute Gasteiger partial charge is 0.399 e. The van der Waals surface area contributed by atoms with Crippen LogP contribution >= 0.6 is 0 Å². The lowest BCUT2D eigenvalue weighted by Crippen LogP contribution is -2.23. The average Bonchev–Trinajstić information content (AvgIpc) is 2.48. The molecule has 3 heteroatoms. The smallest absolute Gasteiger partial charge is 0.0991 e. The van der Waals surface area contributed by atoms with Crippen molar-refractivity contribution < 1.29 is 0 Å². The van der Waals surface area contributed by atoms with Crippen molar-refractivity contribution in [3.63, 3.8) is 0 Å². The maximum absolute atomic E-state index is 8.97. The number of rotatable bonds is 5. The van der Waals surface area contributed by atoms with E-state index >= 15 is 0 Å². The number of nitrogen functional groups attached to an aromatic ring is 1. The van der Waals surface area contributed by atoms with Gasteiger partial charge in [0.25, 0.3) is 0 Å². The molecule has 20 heavy (non-hydrogen) atoms. The molecule has 2 N–H and O–H groups in total. The molecule has 2 rings (SSSR count). The van der Waals surface area contributed by atoms with Crippen LogP contribution < -0.4 is 10.6 Å². The number of nitriles is 1. The predicted octanol–water partition coefficient (Wildman–Crippen LogP) is 3.56. The summed E-state index contributed by atoms with van der Waals surface area (Å²) in [5.41, 5.74) is 9.52. The van der Waals surface area contributed by atoms with Crippen LogP contribution in [-0.4, -0.2) is 6.54 Å². The first-order valence-electron chi connectivity index (χ1n) is 6.82. The molecule has 0 heterocycles. The summed E-state index contributed by atoms with van der Waals surface area (Å²) >= 11 is 0. The van der Waals surface area contributed by atoms with E-state index in [1.807, 2.05) is 42.5 Å². The van der Waals surface area contributed by atoms with Crippen LogP contribution in [0.3, 0.4) is 0 Å². The van der Waals surface area contributed by atoms with Gasteiger partial charge in [0.1, 0.15) is 0 Å². The molecule has 0 aliphatic carbocycles. The van der Waals surface area contributed by atoms with Gasteiger partial charge in [0.15, 0.2) is 0 Å². The van der Waals surface area contributed by atoms with Crippen LogP contribution in [0.4, 0.5) is 11.4 Å². The van der Waals surface area contributed by atoms with Crippen LogP contribution in [0.5, 0.6) is 0 Å². The van der Waals surface area contributed by atoms with Crippen molar-refractivity contribution in [1.82, 2.24) is 0 Å². The summed E-state index contributed by atoms with van der Waals surface area (Å²) in [6.07, 6.45) is 1.07. The number of nitrogens with two attached hydrogens (primary N) is 1. The highest BCUT2D eigenvalue weighted by molar-refractivity contribution is 5.53. The Bertz CT molecular complexity index is 596. The lowest BCUT2D eigenvalue weighted by Gasteiger charge is -2.24. The quantitative estimate of drug-likeness (QED) is 0.841. The SMILES string of the molecule is CCCN(Cc1cccc(C#N)c1)c1ccc(N)cc1. The Morgan fingerprint density at radius 1 is 1.15 bits per heavy atom. The van der Waals surface area contributed by atoms with Gasteiger partial charge < -0.3 is 10.6 Å². The van der Waals surface area contributed by atoms with E-state index in [1.54, 1.807) is 0 Å². The highest BCUT2D eigenvalue weighted by Crippen LogP contribution is 2.19. The Hall–Kier alpha value is -2.47. The van der Waals surface area contributed by atoms with Crippen LogP contribution in [0.15, 0.2) is 48.5 Å². The van der Waals surface area contributed by atoms with Crippen LogP contribution in [0.1, 0.15) is 24.5 Å². The number of benzene rings is 2. The molecule has 0 spiro atoms. The highest BCUT2D eigenvalue weighted by atomic mass is 15.1. The van der Waals surface area contributed by atoms with Gasteiger partial charge in [-0.1, -0.05) is 19.1 Å². The fraction of sp³-hybridized carbons (Fsp3) is 0.235. The van der Waals surface area contributed by atoms with Crippen molar-refractivity contribution in [3.05, 3.63) is 59.7 Å². The molecule has 0 saturated heterocycles. The average molecular weight is 265 g/mol. The highest BCUT2D eigenvalue weighted by Gasteiger charge is 2.07. The van der Waals surface area contributed by atoms with Crippen molar-refractivity contribution in [2.75, 3.05) is 17.2 Å². The van der Waals surface area contributed by atoms with Gasteiger partial charge in [-0.3, -0.25) is 0 Å². The molecule has 0 fully saturated rings. The van der Waals surface area contributed by atoms with Crippen molar-refractivity contribution in [2.24, 2.45) is 0 Å². The minimum Gasteiger partial charge on any atom is -0.399 e. The molecule has 0 aliphatic heterocycles. The van der Waals surface area contributed by atoms with Gasteiger partial charge in [-0.25, -0.2) is 0 Å². The first-order valence-corrected chi connectivity index (χ1v) is 6.82. The molecule has 3 nitrogen and oxygen atoms in total. The van der Waals surface area contributed by atoms with Gasteiger partial charge in [0.2, 0.25) is 0 Å². The Morgan fingerprint density at radius 2 is 1.90 bits per heavy atom. The minimum absolute atomic E-state index is 0.705. The molecule has 0 unspecified atom stereocenters. The number of anilines is 2. The molecule has 0 aromatic heterocycles. The standard InChI is InChI=1S/C17H19N3/c1-2-10-20(17-8-6-16(19)7-9-17)13-15-5-3-4-14(11-15)12-18/h3-9,11H,2,10,13,19H2,1H3. The van der Waals surface area contributed by atoms with E-state index in [-0.39, 0.29) is 0 Å². The minimum atomic E-state index is 0.705. The van der Waals surface area contributed by atoms with Crippen molar-refractivity contribution in [2.45, 2.75) is 19.9 Å². The van der Waals surface area contributed by atoms with E-state index in [9.17, 15) is 0 Å². The molecular weight excluding hydrogens is 246 g/mol. The molecule has 102 valence electrons. The zero-order chi connectivity index (χ0) is 14.4. The molecular formula is C17H19N3.